The number of aliphatic hydroxyl groups excluding tert-OH is 1. The summed E-state index contributed by atoms with van der Waals surface area (Å²) in [4.78, 5) is 16.2. The Morgan fingerprint density at radius 2 is 1.83 bits per heavy atom. The third kappa shape index (κ3) is 4.99. The molecular formula is C25H28N6O3S2. The van der Waals surface area contributed by atoms with Crippen LogP contribution in [0.5, 0.6) is 0 Å². The molecule has 0 spiro atoms. The lowest BCUT2D eigenvalue weighted by Gasteiger charge is -2.31. The van der Waals surface area contributed by atoms with E-state index in [0.29, 0.717) is 23.3 Å². The number of nitrogens with one attached hydrogen (secondary N) is 2. The number of rotatable bonds is 7. The lowest BCUT2D eigenvalue weighted by atomic mass is 10.1. The van der Waals surface area contributed by atoms with Crippen LogP contribution in [0.1, 0.15) is 26.7 Å². The summed E-state index contributed by atoms with van der Waals surface area (Å²) in [5.41, 5.74) is 2.22. The summed E-state index contributed by atoms with van der Waals surface area (Å²) < 4.78 is 26.7. The molecule has 188 valence electrons. The van der Waals surface area contributed by atoms with Crippen molar-refractivity contribution < 1.29 is 13.5 Å². The fourth-order valence-corrected chi connectivity index (χ4v) is 6.07. The molecule has 11 heteroatoms. The zero-order chi connectivity index (χ0) is 25.3. The van der Waals surface area contributed by atoms with Crippen molar-refractivity contribution in [2.24, 2.45) is 0 Å². The van der Waals surface area contributed by atoms with Crippen LogP contribution in [0.25, 0.3) is 10.2 Å². The first-order valence-electron chi connectivity index (χ1n) is 11.8. The van der Waals surface area contributed by atoms with Gasteiger partial charge in [0.05, 0.1) is 44.0 Å². The van der Waals surface area contributed by atoms with Gasteiger partial charge in [0.25, 0.3) is 0 Å². The zero-order valence-corrected chi connectivity index (χ0v) is 21.7. The van der Waals surface area contributed by atoms with E-state index < -0.39 is 15.1 Å². The highest BCUT2D eigenvalue weighted by Crippen LogP contribution is 2.33. The third-order valence-electron chi connectivity index (χ3n) is 6.19. The highest BCUT2D eigenvalue weighted by atomic mass is 32.2. The van der Waals surface area contributed by atoms with Gasteiger partial charge in [-0.2, -0.15) is 4.98 Å². The number of sulfone groups is 1. The summed E-state index contributed by atoms with van der Waals surface area (Å²) in [7, 11) is -3.49. The predicted molar refractivity (Wildman–Crippen MR) is 144 cm³/mol. The Balaban J connectivity index is 1.41. The van der Waals surface area contributed by atoms with E-state index in [2.05, 4.69) is 30.5 Å². The number of aromatic nitrogens is 3. The van der Waals surface area contributed by atoms with Crippen LogP contribution < -0.4 is 15.5 Å². The van der Waals surface area contributed by atoms with E-state index in [1.807, 2.05) is 23.6 Å². The van der Waals surface area contributed by atoms with Crippen LogP contribution >= 0.6 is 11.3 Å². The number of fused-ring (bicyclic) bond motifs is 1. The Hall–Kier alpha value is -3.28. The largest absolute Gasteiger partial charge is 0.393 e. The summed E-state index contributed by atoms with van der Waals surface area (Å²) >= 11 is 1.48. The minimum absolute atomic E-state index is 0.223. The first kappa shape index (κ1) is 24.4. The maximum absolute atomic E-state index is 12.9. The van der Waals surface area contributed by atoms with Gasteiger partial charge < -0.3 is 20.6 Å². The molecule has 1 aromatic carbocycles. The second kappa shape index (κ2) is 10.00. The van der Waals surface area contributed by atoms with Crippen LogP contribution in [0.3, 0.4) is 0 Å². The van der Waals surface area contributed by atoms with E-state index in [4.69, 9.17) is 0 Å². The quantitative estimate of drug-likeness (QED) is 0.315. The van der Waals surface area contributed by atoms with Crippen molar-refractivity contribution >= 4 is 60.3 Å². The Morgan fingerprint density at radius 3 is 2.56 bits per heavy atom. The van der Waals surface area contributed by atoms with E-state index in [-0.39, 0.29) is 11.0 Å². The second-order valence-electron chi connectivity index (χ2n) is 8.99. The minimum atomic E-state index is -3.49. The molecule has 9 nitrogen and oxygen atoms in total. The van der Waals surface area contributed by atoms with Gasteiger partial charge in [0, 0.05) is 13.1 Å². The number of para-hydroxylation sites is 1. The predicted octanol–water partition coefficient (Wildman–Crippen LogP) is 4.72. The Kier molecular flexibility index (Phi) is 6.78. The average Bonchev–Trinajstić information content (AvgIpc) is 3.34. The van der Waals surface area contributed by atoms with Crippen molar-refractivity contribution in [3.63, 3.8) is 0 Å². The highest BCUT2D eigenvalue weighted by molar-refractivity contribution is 7.92. The molecule has 36 heavy (non-hydrogen) atoms. The zero-order valence-electron chi connectivity index (χ0n) is 20.0. The molecule has 4 aromatic rings. The van der Waals surface area contributed by atoms with Crippen molar-refractivity contribution in [1.82, 2.24) is 15.0 Å². The van der Waals surface area contributed by atoms with Crippen molar-refractivity contribution in [3.8, 4) is 0 Å². The second-order valence-corrected chi connectivity index (χ2v) is 12.4. The number of piperidine rings is 1. The van der Waals surface area contributed by atoms with Gasteiger partial charge in [-0.3, -0.25) is 0 Å². The van der Waals surface area contributed by atoms with Gasteiger partial charge in [0.1, 0.15) is 5.82 Å². The SMILES string of the molecule is CC(C)S(=O)(=O)c1ccccc1Nc1nc(Nc2ccc(N3CCC(O)CC3)cn2)nc2ccsc12. The topological polar surface area (TPSA) is 120 Å². The van der Waals surface area contributed by atoms with Crippen molar-refractivity contribution in [1.29, 1.82) is 0 Å². The molecule has 0 unspecified atom stereocenters. The molecule has 0 bridgehead atoms. The van der Waals surface area contributed by atoms with Crippen molar-refractivity contribution in [2.75, 3.05) is 28.6 Å². The van der Waals surface area contributed by atoms with Crippen molar-refractivity contribution in [2.45, 2.75) is 42.9 Å². The molecule has 3 aromatic heterocycles. The first-order chi connectivity index (χ1) is 17.3. The van der Waals surface area contributed by atoms with E-state index >= 15 is 0 Å². The number of hydrogen-bond donors (Lipinski definition) is 3. The Labute approximate surface area is 214 Å². The van der Waals surface area contributed by atoms with Crippen LogP contribution in [0.15, 0.2) is 58.9 Å². The van der Waals surface area contributed by atoms with E-state index in [1.54, 1.807) is 44.3 Å². The van der Waals surface area contributed by atoms with E-state index in [9.17, 15) is 13.5 Å². The molecule has 0 atom stereocenters. The van der Waals surface area contributed by atoms with Gasteiger partial charge >= 0.3 is 0 Å². The van der Waals surface area contributed by atoms with Gasteiger partial charge in [0.15, 0.2) is 15.7 Å². The lowest BCUT2D eigenvalue weighted by molar-refractivity contribution is 0.145. The van der Waals surface area contributed by atoms with E-state index in [0.717, 1.165) is 41.8 Å². The molecule has 1 aliphatic rings. The number of aliphatic hydroxyl groups is 1. The molecule has 0 amide bonds. The number of pyridine rings is 1. The molecule has 3 N–H and O–H groups in total. The number of hydrogen-bond acceptors (Lipinski definition) is 10. The normalized spacial score (nSPS) is 14.9. The summed E-state index contributed by atoms with van der Waals surface area (Å²) in [5, 5.41) is 17.5. The smallest absolute Gasteiger partial charge is 0.231 e. The van der Waals surface area contributed by atoms with Crippen LogP contribution in [-0.2, 0) is 9.84 Å². The molecule has 5 rings (SSSR count). The van der Waals surface area contributed by atoms with E-state index in [1.165, 1.54) is 11.3 Å². The van der Waals surface area contributed by atoms with Gasteiger partial charge in [-0.1, -0.05) is 12.1 Å². The Bertz CT molecular complexity index is 1460. The monoisotopic (exact) mass is 524 g/mol. The number of anilines is 5. The third-order valence-corrected chi connectivity index (χ3v) is 9.31. The first-order valence-corrected chi connectivity index (χ1v) is 14.2. The molecule has 1 aliphatic heterocycles. The molecule has 1 saturated heterocycles. The maximum Gasteiger partial charge on any atom is 0.231 e. The molecule has 1 fully saturated rings. The van der Waals surface area contributed by atoms with Crippen LogP contribution in [-0.4, -0.2) is 52.9 Å². The Morgan fingerprint density at radius 1 is 1.06 bits per heavy atom. The average molecular weight is 525 g/mol. The fraction of sp³-hybridized carbons (Fsp3) is 0.320. The van der Waals surface area contributed by atoms with Gasteiger partial charge in [-0.25, -0.2) is 18.4 Å². The molecule has 4 heterocycles. The van der Waals surface area contributed by atoms with Crippen LogP contribution in [0, 0.1) is 0 Å². The fourth-order valence-electron chi connectivity index (χ4n) is 4.09. The standard InChI is InChI=1S/C25H28N6O3S2/c1-16(2)36(33,34)21-6-4-3-5-19(21)27-24-23-20(11-14-35-23)28-25(30-24)29-22-8-7-17(15-26-22)31-12-9-18(32)10-13-31/h3-8,11,14-16,18,32H,9-10,12-13H2,1-2H3,(H2,26,27,28,29,30). The summed E-state index contributed by atoms with van der Waals surface area (Å²) in [6.07, 6.45) is 3.09. The summed E-state index contributed by atoms with van der Waals surface area (Å²) in [6.45, 7) is 4.94. The number of benzene rings is 1. The number of thiophene rings is 1. The summed E-state index contributed by atoms with van der Waals surface area (Å²) in [5.74, 6) is 1.47. The maximum atomic E-state index is 12.9. The van der Waals surface area contributed by atoms with Crippen LogP contribution in [0.4, 0.5) is 29.0 Å². The van der Waals surface area contributed by atoms with Gasteiger partial charge in [-0.05, 0) is 62.4 Å². The number of nitrogens with zero attached hydrogens (tertiary/aromatic N) is 4. The summed E-state index contributed by atoms with van der Waals surface area (Å²) in [6, 6.07) is 12.6. The van der Waals surface area contributed by atoms with Gasteiger partial charge in [0.2, 0.25) is 5.95 Å². The molecule has 0 saturated carbocycles. The van der Waals surface area contributed by atoms with Crippen molar-refractivity contribution in [3.05, 3.63) is 54.0 Å². The van der Waals surface area contributed by atoms with Crippen LogP contribution in [0.2, 0.25) is 0 Å². The van der Waals surface area contributed by atoms with Gasteiger partial charge in [-0.15, -0.1) is 11.3 Å². The molecule has 0 aliphatic carbocycles. The highest BCUT2D eigenvalue weighted by Gasteiger charge is 2.23. The molecular weight excluding hydrogens is 496 g/mol. The lowest BCUT2D eigenvalue weighted by Crippen LogP contribution is -2.35. The minimum Gasteiger partial charge on any atom is -0.393 e. The molecule has 0 radical (unpaired) electrons.